The molecule has 2 aliphatic heterocycles. The van der Waals surface area contributed by atoms with Crippen LogP contribution in [0, 0.1) is 5.41 Å². The van der Waals surface area contributed by atoms with Crippen molar-refractivity contribution >= 4 is 0 Å². The second kappa shape index (κ2) is 3.23. The highest BCUT2D eigenvalue weighted by Gasteiger charge is 2.41. The molecule has 0 aromatic rings. The van der Waals surface area contributed by atoms with Crippen molar-refractivity contribution in [3.63, 3.8) is 0 Å². The minimum atomic E-state index is -0.249. The fourth-order valence-corrected chi connectivity index (χ4v) is 1.83. The number of rotatable bonds is 0. The second-order valence-corrected chi connectivity index (χ2v) is 4.90. The fourth-order valence-electron chi connectivity index (χ4n) is 1.83. The Hall–Kier alpha value is -0.120. The maximum Gasteiger partial charge on any atom is 0.170 e. The van der Waals surface area contributed by atoms with Crippen molar-refractivity contribution in [3.8, 4) is 0 Å². The van der Waals surface area contributed by atoms with Gasteiger partial charge in [-0.2, -0.15) is 0 Å². The van der Waals surface area contributed by atoms with Gasteiger partial charge in [-0.25, -0.2) is 0 Å². The molecule has 2 heterocycles. The Morgan fingerprint density at radius 1 is 1.00 bits per heavy atom. The maximum absolute atomic E-state index is 5.86. The molecule has 2 aliphatic rings. The normalized spacial score (nSPS) is 31.8. The highest BCUT2D eigenvalue weighted by atomic mass is 16.7. The fraction of sp³-hybridized carbons (Fsp3) is 1.00. The molecular weight excluding hydrogens is 166 g/mol. The zero-order valence-corrected chi connectivity index (χ0v) is 8.56. The first-order valence-electron chi connectivity index (χ1n) is 5.11. The topological polar surface area (TPSA) is 30.5 Å². The molecule has 0 aromatic heterocycles. The minimum Gasteiger partial charge on any atom is -0.349 e. The third-order valence-corrected chi connectivity index (χ3v) is 2.82. The van der Waals surface area contributed by atoms with Gasteiger partial charge < -0.3 is 14.8 Å². The molecule has 0 unspecified atom stereocenters. The van der Waals surface area contributed by atoms with E-state index in [1.165, 1.54) is 0 Å². The van der Waals surface area contributed by atoms with Gasteiger partial charge in [0.25, 0.3) is 0 Å². The van der Waals surface area contributed by atoms with Gasteiger partial charge in [-0.05, 0) is 0 Å². The molecule has 0 aromatic carbocycles. The molecule has 0 atom stereocenters. The van der Waals surface area contributed by atoms with Gasteiger partial charge in [-0.15, -0.1) is 0 Å². The van der Waals surface area contributed by atoms with Crippen LogP contribution >= 0.6 is 0 Å². The van der Waals surface area contributed by atoms with Crippen molar-refractivity contribution in [3.05, 3.63) is 0 Å². The van der Waals surface area contributed by atoms with E-state index in [0.29, 0.717) is 0 Å². The molecule has 3 nitrogen and oxygen atoms in total. The second-order valence-electron chi connectivity index (χ2n) is 4.90. The molecule has 2 saturated heterocycles. The standard InChI is InChI=1S/C10H19NO2/c1-9(2)7-12-10(13-8-9)3-5-11-6-4-10/h11H,3-8H2,1-2H3. The van der Waals surface area contributed by atoms with Crippen LogP contribution in [-0.2, 0) is 9.47 Å². The number of piperidine rings is 1. The Morgan fingerprint density at radius 3 is 2.08 bits per heavy atom. The molecule has 0 amide bonds. The van der Waals surface area contributed by atoms with Crippen LogP contribution in [0.2, 0.25) is 0 Å². The summed E-state index contributed by atoms with van der Waals surface area (Å²) in [6.07, 6.45) is 1.98. The van der Waals surface area contributed by atoms with Gasteiger partial charge in [-0.3, -0.25) is 0 Å². The Balaban J connectivity index is 1.95. The third-order valence-electron chi connectivity index (χ3n) is 2.82. The van der Waals surface area contributed by atoms with Gasteiger partial charge >= 0.3 is 0 Å². The summed E-state index contributed by atoms with van der Waals surface area (Å²) in [6.45, 7) is 8.04. The van der Waals surface area contributed by atoms with Crippen LogP contribution in [0.3, 0.4) is 0 Å². The van der Waals surface area contributed by atoms with Crippen LogP contribution in [0.15, 0.2) is 0 Å². The van der Waals surface area contributed by atoms with E-state index in [-0.39, 0.29) is 11.2 Å². The first kappa shape index (κ1) is 9.44. The molecule has 0 aliphatic carbocycles. The highest BCUT2D eigenvalue weighted by molar-refractivity contribution is 4.84. The first-order valence-corrected chi connectivity index (χ1v) is 5.11. The Labute approximate surface area is 79.8 Å². The quantitative estimate of drug-likeness (QED) is 0.614. The van der Waals surface area contributed by atoms with Crippen LogP contribution in [-0.4, -0.2) is 32.1 Å². The molecule has 76 valence electrons. The van der Waals surface area contributed by atoms with E-state index >= 15 is 0 Å². The predicted octanol–water partition coefficient (Wildman–Crippen LogP) is 1.14. The van der Waals surface area contributed by atoms with Gasteiger partial charge in [0.1, 0.15) is 0 Å². The summed E-state index contributed by atoms with van der Waals surface area (Å²) in [5, 5.41) is 3.32. The zero-order chi connectivity index (χ0) is 9.36. The van der Waals surface area contributed by atoms with Crippen LogP contribution in [0.4, 0.5) is 0 Å². The van der Waals surface area contributed by atoms with E-state index in [4.69, 9.17) is 9.47 Å². The molecule has 0 bridgehead atoms. The summed E-state index contributed by atoms with van der Waals surface area (Å²) in [5.74, 6) is -0.249. The summed E-state index contributed by atoms with van der Waals surface area (Å²) < 4.78 is 11.7. The maximum atomic E-state index is 5.86. The van der Waals surface area contributed by atoms with Gasteiger partial charge in [0.15, 0.2) is 5.79 Å². The van der Waals surface area contributed by atoms with E-state index in [1.54, 1.807) is 0 Å². The average molecular weight is 185 g/mol. The van der Waals surface area contributed by atoms with Gasteiger partial charge in [0.05, 0.1) is 13.2 Å². The molecule has 2 rings (SSSR count). The van der Waals surface area contributed by atoms with Crippen molar-refractivity contribution in [2.24, 2.45) is 5.41 Å². The number of ether oxygens (including phenoxy) is 2. The molecule has 1 spiro atoms. The summed E-state index contributed by atoms with van der Waals surface area (Å²) in [4.78, 5) is 0. The van der Waals surface area contributed by atoms with Gasteiger partial charge in [0.2, 0.25) is 0 Å². The zero-order valence-electron chi connectivity index (χ0n) is 8.56. The molecule has 0 radical (unpaired) electrons. The lowest BCUT2D eigenvalue weighted by Gasteiger charge is -2.45. The number of hydrogen-bond acceptors (Lipinski definition) is 3. The molecule has 1 N–H and O–H groups in total. The lowest BCUT2D eigenvalue weighted by Crippen LogP contribution is -2.52. The largest absolute Gasteiger partial charge is 0.349 e. The summed E-state index contributed by atoms with van der Waals surface area (Å²) in [7, 11) is 0. The SMILES string of the molecule is CC1(C)COC2(CCNCC2)OC1. The van der Waals surface area contributed by atoms with Crippen molar-refractivity contribution in [1.82, 2.24) is 5.32 Å². The van der Waals surface area contributed by atoms with E-state index in [0.717, 1.165) is 39.1 Å². The summed E-state index contributed by atoms with van der Waals surface area (Å²) in [5.41, 5.74) is 0.191. The predicted molar refractivity (Wildman–Crippen MR) is 50.5 cm³/mol. The van der Waals surface area contributed by atoms with Crippen molar-refractivity contribution in [2.75, 3.05) is 26.3 Å². The van der Waals surface area contributed by atoms with Crippen LogP contribution in [0.5, 0.6) is 0 Å². The Bertz CT molecular complexity index is 173. The number of hydrogen-bond donors (Lipinski definition) is 1. The average Bonchev–Trinajstić information content (AvgIpc) is 2.13. The molecular formula is C10H19NO2. The van der Waals surface area contributed by atoms with E-state index in [2.05, 4.69) is 19.2 Å². The minimum absolute atomic E-state index is 0.191. The van der Waals surface area contributed by atoms with E-state index in [1.807, 2.05) is 0 Å². The van der Waals surface area contributed by atoms with E-state index < -0.39 is 0 Å². The van der Waals surface area contributed by atoms with E-state index in [9.17, 15) is 0 Å². The highest BCUT2D eigenvalue weighted by Crippen LogP contribution is 2.34. The molecule has 0 saturated carbocycles. The van der Waals surface area contributed by atoms with Crippen molar-refractivity contribution < 1.29 is 9.47 Å². The molecule has 2 fully saturated rings. The van der Waals surface area contributed by atoms with Crippen molar-refractivity contribution in [2.45, 2.75) is 32.5 Å². The smallest absolute Gasteiger partial charge is 0.170 e. The Kier molecular flexibility index (Phi) is 2.34. The van der Waals surface area contributed by atoms with Crippen LogP contribution in [0.25, 0.3) is 0 Å². The third kappa shape index (κ3) is 2.03. The van der Waals surface area contributed by atoms with Gasteiger partial charge in [-0.1, -0.05) is 13.8 Å². The van der Waals surface area contributed by atoms with Crippen LogP contribution < -0.4 is 5.32 Å². The Morgan fingerprint density at radius 2 is 1.54 bits per heavy atom. The number of nitrogens with one attached hydrogen (secondary N) is 1. The lowest BCUT2D eigenvalue weighted by molar-refractivity contribution is -0.307. The lowest BCUT2D eigenvalue weighted by atomic mass is 9.93. The van der Waals surface area contributed by atoms with Gasteiger partial charge in [0, 0.05) is 31.3 Å². The van der Waals surface area contributed by atoms with Crippen LogP contribution in [0.1, 0.15) is 26.7 Å². The molecule has 3 heteroatoms. The summed E-state index contributed by atoms with van der Waals surface area (Å²) >= 11 is 0. The first-order chi connectivity index (χ1) is 6.12. The van der Waals surface area contributed by atoms with Crippen molar-refractivity contribution in [1.29, 1.82) is 0 Å². The molecule has 13 heavy (non-hydrogen) atoms. The summed E-state index contributed by atoms with van der Waals surface area (Å²) in [6, 6.07) is 0. The monoisotopic (exact) mass is 185 g/mol.